The molecule has 1 fully saturated rings. The number of halogens is 1. The van der Waals surface area contributed by atoms with E-state index in [0.29, 0.717) is 23.0 Å². The predicted molar refractivity (Wildman–Crippen MR) is 108 cm³/mol. The summed E-state index contributed by atoms with van der Waals surface area (Å²) in [5.41, 5.74) is 2.48. The van der Waals surface area contributed by atoms with Crippen molar-refractivity contribution in [2.75, 3.05) is 25.1 Å². The zero-order chi connectivity index (χ0) is 19.5. The molecule has 1 unspecified atom stereocenters. The smallest absolute Gasteiger partial charge is 0.253 e. The molecule has 1 aliphatic heterocycles. The van der Waals surface area contributed by atoms with Crippen molar-refractivity contribution in [2.45, 2.75) is 12.5 Å². The standard InChI is InChI=1S/C20H20ClN5O2/c1-28-19-7-4-14(11-22-19)20(27)23-16-8-9-26(12-16)18-10-17(24-25-18)13-2-5-15(21)6-3-13/h2-7,10-11,16H,8-9,12H2,1H3,(H,23,27)(H,24,25). The zero-order valence-electron chi connectivity index (χ0n) is 15.4. The van der Waals surface area contributed by atoms with E-state index >= 15 is 0 Å². The average Bonchev–Trinajstić information content (AvgIpc) is 3.38. The fourth-order valence-corrected chi connectivity index (χ4v) is 3.37. The molecule has 1 aliphatic rings. The first-order chi connectivity index (χ1) is 13.6. The third kappa shape index (κ3) is 3.94. The summed E-state index contributed by atoms with van der Waals surface area (Å²) in [4.78, 5) is 18.7. The second-order valence-electron chi connectivity index (χ2n) is 6.64. The first-order valence-corrected chi connectivity index (χ1v) is 9.37. The van der Waals surface area contributed by atoms with Gasteiger partial charge in [-0.1, -0.05) is 23.7 Å². The van der Waals surface area contributed by atoms with Gasteiger partial charge in [-0.05, 0) is 30.2 Å². The van der Waals surface area contributed by atoms with Crippen LogP contribution in [0.4, 0.5) is 5.82 Å². The van der Waals surface area contributed by atoms with Crippen molar-refractivity contribution in [2.24, 2.45) is 0 Å². The predicted octanol–water partition coefficient (Wildman–Crippen LogP) is 3.14. The van der Waals surface area contributed by atoms with Crippen molar-refractivity contribution < 1.29 is 9.53 Å². The molecule has 144 valence electrons. The van der Waals surface area contributed by atoms with Crippen LogP contribution in [0.15, 0.2) is 48.7 Å². The minimum Gasteiger partial charge on any atom is -0.481 e. The second kappa shape index (κ2) is 7.90. The van der Waals surface area contributed by atoms with Crippen molar-refractivity contribution >= 4 is 23.3 Å². The number of methoxy groups -OCH3 is 1. The second-order valence-corrected chi connectivity index (χ2v) is 7.08. The number of H-pyrrole nitrogens is 1. The van der Waals surface area contributed by atoms with Crippen LogP contribution in [-0.2, 0) is 0 Å². The van der Waals surface area contributed by atoms with Crippen LogP contribution in [-0.4, -0.2) is 47.3 Å². The molecule has 2 N–H and O–H groups in total. The Morgan fingerprint density at radius 2 is 2.11 bits per heavy atom. The summed E-state index contributed by atoms with van der Waals surface area (Å²) in [5.74, 6) is 1.22. The maximum Gasteiger partial charge on any atom is 0.253 e. The van der Waals surface area contributed by atoms with Gasteiger partial charge in [0.2, 0.25) is 5.88 Å². The van der Waals surface area contributed by atoms with E-state index in [-0.39, 0.29) is 11.9 Å². The van der Waals surface area contributed by atoms with Crippen molar-refractivity contribution in [3.63, 3.8) is 0 Å². The van der Waals surface area contributed by atoms with Gasteiger partial charge in [0.25, 0.3) is 5.91 Å². The summed E-state index contributed by atoms with van der Waals surface area (Å²) in [6.45, 7) is 1.54. The Morgan fingerprint density at radius 3 is 2.82 bits per heavy atom. The van der Waals surface area contributed by atoms with E-state index in [1.54, 1.807) is 19.2 Å². The molecular weight excluding hydrogens is 378 g/mol. The highest BCUT2D eigenvalue weighted by molar-refractivity contribution is 6.30. The fourth-order valence-electron chi connectivity index (χ4n) is 3.24. The number of benzene rings is 1. The summed E-state index contributed by atoms with van der Waals surface area (Å²) in [6, 6.07) is 13.1. The Kier molecular flexibility index (Phi) is 5.16. The molecule has 1 aromatic carbocycles. The number of anilines is 1. The number of amides is 1. The van der Waals surface area contributed by atoms with Crippen LogP contribution in [0.25, 0.3) is 11.3 Å². The van der Waals surface area contributed by atoms with E-state index in [0.717, 1.165) is 30.0 Å². The molecular formula is C20H20ClN5O2. The number of aromatic nitrogens is 3. The first-order valence-electron chi connectivity index (χ1n) is 8.99. The van der Waals surface area contributed by atoms with Crippen molar-refractivity contribution in [1.29, 1.82) is 0 Å². The third-order valence-electron chi connectivity index (χ3n) is 4.77. The summed E-state index contributed by atoms with van der Waals surface area (Å²) in [7, 11) is 1.54. The van der Waals surface area contributed by atoms with Crippen LogP contribution in [0.5, 0.6) is 5.88 Å². The number of pyridine rings is 1. The van der Waals surface area contributed by atoms with Gasteiger partial charge in [-0.15, -0.1) is 0 Å². The van der Waals surface area contributed by atoms with Crippen LogP contribution in [0.3, 0.4) is 0 Å². The fraction of sp³-hybridized carbons (Fsp3) is 0.250. The normalized spacial score (nSPS) is 16.2. The number of nitrogens with one attached hydrogen (secondary N) is 2. The molecule has 2 aromatic heterocycles. The van der Waals surface area contributed by atoms with Crippen molar-refractivity contribution in [1.82, 2.24) is 20.5 Å². The monoisotopic (exact) mass is 397 g/mol. The summed E-state index contributed by atoms with van der Waals surface area (Å²) in [6.07, 6.45) is 2.38. The molecule has 0 saturated carbocycles. The van der Waals surface area contributed by atoms with Gasteiger partial charge in [-0.25, -0.2) is 4.98 Å². The van der Waals surface area contributed by atoms with Crippen LogP contribution >= 0.6 is 11.6 Å². The number of hydrogen-bond acceptors (Lipinski definition) is 5. The molecule has 4 rings (SSSR count). The average molecular weight is 398 g/mol. The van der Waals surface area contributed by atoms with Gasteiger partial charge in [0.1, 0.15) is 0 Å². The van der Waals surface area contributed by atoms with E-state index in [4.69, 9.17) is 16.3 Å². The zero-order valence-corrected chi connectivity index (χ0v) is 16.1. The molecule has 3 aromatic rings. The van der Waals surface area contributed by atoms with Crippen LogP contribution in [0.1, 0.15) is 16.8 Å². The van der Waals surface area contributed by atoms with Gasteiger partial charge in [0, 0.05) is 42.5 Å². The van der Waals surface area contributed by atoms with Crippen LogP contribution in [0.2, 0.25) is 5.02 Å². The highest BCUT2D eigenvalue weighted by atomic mass is 35.5. The van der Waals surface area contributed by atoms with E-state index in [9.17, 15) is 4.79 Å². The molecule has 0 radical (unpaired) electrons. The van der Waals surface area contributed by atoms with Gasteiger partial charge < -0.3 is 15.0 Å². The summed E-state index contributed by atoms with van der Waals surface area (Å²) in [5, 5.41) is 11.3. The van der Waals surface area contributed by atoms with E-state index < -0.39 is 0 Å². The Labute approximate surface area is 167 Å². The van der Waals surface area contributed by atoms with E-state index in [1.807, 2.05) is 30.3 Å². The number of ether oxygens (including phenoxy) is 1. The summed E-state index contributed by atoms with van der Waals surface area (Å²) < 4.78 is 5.02. The molecule has 1 atom stereocenters. The quantitative estimate of drug-likeness (QED) is 0.691. The lowest BCUT2D eigenvalue weighted by atomic mass is 10.1. The summed E-state index contributed by atoms with van der Waals surface area (Å²) >= 11 is 5.95. The molecule has 1 saturated heterocycles. The van der Waals surface area contributed by atoms with Crippen molar-refractivity contribution in [3.05, 3.63) is 59.2 Å². The lowest BCUT2D eigenvalue weighted by Crippen LogP contribution is -2.37. The Morgan fingerprint density at radius 1 is 1.29 bits per heavy atom. The van der Waals surface area contributed by atoms with Gasteiger partial charge in [-0.3, -0.25) is 9.89 Å². The van der Waals surface area contributed by atoms with Crippen molar-refractivity contribution in [3.8, 4) is 17.1 Å². The topological polar surface area (TPSA) is 83.1 Å². The van der Waals surface area contributed by atoms with Gasteiger partial charge in [0.15, 0.2) is 5.82 Å². The lowest BCUT2D eigenvalue weighted by molar-refractivity contribution is 0.0940. The number of nitrogens with zero attached hydrogens (tertiary/aromatic N) is 3. The Bertz CT molecular complexity index is 955. The molecule has 28 heavy (non-hydrogen) atoms. The number of aromatic amines is 1. The minimum atomic E-state index is -0.133. The molecule has 0 spiro atoms. The number of hydrogen-bond donors (Lipinski definition) is 2. The third-order valence-corrected chi connectivity index (χ3v) is 5.03. The molecule has 3 heterocycles. The number of carbonyl (C=O) groups excluding carboxylic acids is 1. The molecule has 1 amide bonds. The van der Waals surface area contributed by atoms with E-state index in [1.165, 1.54) is 6.20 Å². The number of rotatable bonds is 5. The largest absolute Gasteiger partial charge is 0.481 e. The molecule has 8 heteroatoms. The Balaban J connectivity index is 1.37. The van der Waals surface area contributed by atoms with Crippen LogP contribution in [0, 0.1) is 0 Å². The number of carbonyl (C=O) groups is 1. The highest BCUT2D eigenvalue weighted by Gasteiger charge is 2.26. The minimum absolute atomic E-state index is 0.0604. The maximum atomic E-state index is 12.4. The first kappa shape index (κ1) is 18.3. The molecule has 7 nitrogen and oxygen atoms in total. The highest BCUT2D eigenvalue weighted by Crippen LogP contribution is 2.25. The van der Waals surface area contributed by atoms with Gasteiger partial charge in [-0.2, -0.15) is 5.10 Å². The Hall–Kier alpha value is -3.06. The van der Waals surface area contributed by atoms with E-state index in [2.05, 4.69) is 25.4 Å². The lowest BCUT2D eigenvalue weighted by Gasteiger charge is -2.16. The van der Waals surface area contributed by atoms with Gasteiger partial charge in [0.05, 0.1) is 18.4 Å². The van der Waals surface area contributed by atoms with Crippen LogP contribution < -0.4 is 15.0 Å². The molecule has 0 aliphatic carbocycles. The maximum absolute atomic E-state index is 12.4. The SMILES string of the molecule is COc1ccc(C(=O)NC2CCN(c3cc(-c4ccc(Cl)cc4)[nH]n3)C2)cn1. The van der Waals surface area contributed by atoms with Gasteiger partial charge >= 0.3 is 0 Å². The molecule has 0 bridgehead atoms.